The van der Waals surface area contributed by atoms with Gasteiger partial charge in [-0.3, -0.25) is 4.79 Å². The van der Waals surface area contributed by atoms with Crippen molar-refractivity contribution in [2.75, 3.05) is 5.32 Å². The highest BCUT2D eigenvalue weighted by atomic mass is 35.5. The molecule has 0 aliphatic heterocycles. The van der Waals surface area contributed by atoms with Gasteiger partial charge in [0.1, 0.15) is 0 Å². The van der Waals surface area contributed by atoms with Crippen molar-refractivity contribution in [3.8, 4) is 0 Å². The van der Waals surface area contributed by atoms with Crippen LogP contribution in [0.15, 0.2) is 36.4 Å². The van der Waals surface area contributed by atoms with Crippen LogP contribution in [0.4, 0.5) is 5.69 Å². The zero-order chi connectivity index (χ0) is 11.5. The molecule has 0 spiro atoms. The van der Waals surface area contributed by atoms with Gasteiger partial charge in [-0.1, -0.05) is 35.3 Å². The van der Waals surface area contributed by atoms with E-state index in [4.69, 9.17) is 23.2 Å². The van der Waals surface area contributed by atoms with E-state index in [0.717, 1.165) is 0 Å². The number of carbonyl (C=O) groups is 1. The van der Waals surface area contributed by atoms with Crippen LogP contribution in [-0.4, -0.2) is 5.91 Å². The van der Waals surface area contributed by atoms with E-state index in [2.05, 4.69) is 5.32 Å². The molecular weight excluding hydrogens is 265 g/mol. The lowest BCUT2D eigenvalue weighted by molar-refractivity contribution is 0.103. The molecule has 0 atom stereocenters. The molecule has 0 unspecified atom stereocenters. The zero-order valence-corrected chi connectivity index (χ0v) is 10.4. The predicted molar refractivity (Wildman–Crippen MR) is 68.7 cm³/mol. The van der Waals surface area contributed by atoms with Gasteiger partial charge < -0.3 is 5.32 Å². The van der Waals surface area contributed by atoms with E-state index in [0.29, 0.717) is 19.9 Å². The van der Waals surface area contributed by atoms with Gasteiger partial charge in [-0.05, 0) is 24.3 Å². The van der Waals surface area contributed by atoms with Gasteiger partial charge >= 0.3 is 0 Å². The number of halogens is 2. The number of carbonyl (C=O) groups excluding carboxylic acids is 1. The maximum atomic E-state index is 11.8. The van der Waals surface area contributed by atoms with Crippen molar-refractivity contribution in [3.63, 3.8) is 0 Å². The van der Waals surface area contributed by atoms with Crippen molar-refractivity contribution in [1.82, 2.24) is 0 Å². The summed E-state index contributed by atoms with van der Waals surface area (Å²) in [6, 6.07) is 10.4. The van der Waals surface area contributed by atoms with E-state index in [-0.39, 0.29) is 5.91 Å². The van der Waals surface area contributed by atoms with Gasteiger partial charge in [-0.25, -0.2) is 0 Å². The molecule has 16 heavy (non-hydrogen) atoms. The van der Waals surface area contributed by atoms with Crippen LogP contribution in [-0.2, 0) is 0 Å². The van der Waals surface area contributed by atoms with Crippen LogP contribution in [0.2, 0.25) is 9.36 Å². The van der Waals surface area contributed by atoms with Gasteiger partial charge in [-0.2, -0.15) is 0 Å². The Hall–Kier alpha value is -1.03. The summed E-state index contributed by atoms with van der Waals surface area (Å²) in [6.07, 6.45) is 0. The van der Waals surface area contributed by atoms with Gasteiger partial charge in [0.25, 0.3) is 5.91 Å². The Morgan fingerprint density at radius 1 is 1.12 bits per heavy atom. The summed E-state index contributed by atoms with van der Waals surface area (Å²) < 4.78 is 0.587. The van der Waals surface area contributed by atoms with E-state index in [1.807, 2.05) is 6.07 Å². The Kier molecular flexibility index (Phi) is 3.49. The highest BCUT2D eigenvalue weighted by Crippen LogP contribution is 2.25. The summed E-state index contributed by atoms with van der Waals surface area (Å²) in [7, 11) is 0. The Morgan fingerprint density at radius 2 is 1.88 bits per heavy atom. The van der Waals surface area contributed by atoms with Crippen molar-refractivity contribution < 1.29 is 4.79 Å². The standard InChI is InChI=1S/C11H7Cl2NOS/c12-7-3-1-2-4-8(7)14-11(15)9-5-6-10(13)16-9/h1-6H,(H,14,15). The zero-order valence-electron chi connectivity index (χ0n) is 8.04. The molecule has 0 saturated heterocycles. The van der Waals surface area contributed by atoms with Gasteiger partial charge in [0.15, 0.2) is 0 Å². The van der Waals surface area contributed by atoms with Crippen molar-refractivity contribution in [2.24, 2.45) is 0 Å². The molecule has 1 aromatic heterocycles. The van der Waals surface area contributed by atoms with Crippen molar-refractivity contribution >= 4 is 46.1 Å². The normalized spacial score (nSPS) is 10.1. The second kappa shape index (κ2) is 4.87. The monoisotopic (exact) mass is 271 g/mol. The van der Waals surface area contributed by atoms with Crippen LogP contribution in [0.25, 0.3) is 0 Å². The van der Waals surface area contributed by atoms with Gasteiger partial charge in [-0.15, -0.1) is 11.3 Å². The summed E-state index contributed by atoms with van der Waals surface area (Å²) in [6.45, 7) is 0. The molecular formula is C11H7Cl2NOS. The molecule has 0 radical (unpaired) electrons. The molecule has 2 nitrogen and oxygen atoms in total. The third kappa shape index (κ3) is 2.55. The van der Waals surface area contributed by atoms with Gasteiger partial charge in [0.05, 0.1) is 19.9 Å². The summed E-state index contributed by atoms with van der Waals surface area (Å²) >= 11 is 12.9. The Balaban J connectivity index is 2.17. The molecule has 1 aromatic carbocycles. The number of anilines is 1. The Labute approximate surface area is 107 Å². The second-order valence-electron chi connectivity index (χ2n) is 3.04. The lowest BCUT2D eigenvalue weighted by Crippen LogP contribution is -2.10. The first kappa shape index (κ1) is 11.5. The van der Waals surface area contributed by atoms with Crippen molar-refractivity contribution in [2.45, 2.75) is 0 Å². The first-order valence-electron chi connectivity index (χ1n) is 4.48. The first-order chi connectivity index (χ1) is 7.66. The molecule has 1 amide bonds. The quantitative estimate of drug-likeness (QED) is 0.867. The minimum atomic E-state index is -0.204. The Morgan fingerprint density at radius 3 is 2.50 bits per heavy atom. The average molecular weight is 272 g/mol. The number of thiophene rings is 1. The molecule has 0 aliphatic rings. The number of hydrogen-bond donors (Lipinski definition) is 1. The maximum Gasteiger partial charge on any atom is 0.265 e. The summed E-state index contributed by atoms with van der Waals surface area (Å²) in [5.41, 5.74) is 0.596. The van der Waals surface area contributed by atoms with Crippen LogP contribution in [0, 0.1) is 0 Å². The average Bonchev–Trinajstić information content (AvgIpc) is 2.68. The molecule has 0 fully saturated rings. The molecule has 1 N–H and O–H groups in total. The molecule has 5 heteroatoms. The minimum Gasteiger partial charge on any atom is -0.320 e. The number of hydrogen-bond acceptors (Lipinski definition) is 2. The van der Waals surface area contributed by atoms with Crippen LogP contribution >= 0.6 is 34.5 Å². The van der Waals surface area contributed by atoms with Crippen LogP contribution in [0.3, 0.4) is 0 Å². The van der Waals surface area contributed by atoms with E-state index < -0.39 is 0 Å². The van der Waals surface area contributed by atoms with Crippen LogP contribution < -0.4 is 5.32 Å². The molecule has 0 bridgehead atoms. The fourth-order valence-electron chi connectivity index (χ4n) is 1.18. The molecule has 0 saturated carbocycles. The fourth-order valence-corrected chi connectivity index (χ4v) is 2.30. The number of rotatable bonds is 2. The number of para-hydroxylation sites is 1. The third-order valence-corrected chi connectivity index (χ3v) is 3.48. The second-order valence-corrected chi connectivity index (χ2v) is 5.16. The molecule has 82 valence electrons. The topological polar surface area (TPSA) is 29.1 Å². The predicted octanol–water partition coefficient (Wildman–Crippen LogP) is 4.31. The molecule has 2 rings (SSSR count). The van der Waals surface area contributed by atoms with Crippen molar-refractivity contribution in [3.05, 3.63) is 50.6 Å². The van der Waals surface area contributed by atoms with E-state index >= 15 is 0 Å². The largest absolute Gasteiger partial charge is 0.320 e. The lowest BCUT2D eigenvalue weighted by Gasteiger charge is -2.04. The van der Waals surface area contributed by atoms with Gasteiger partial charge in [0, 0.05) is 0 Å². The Bertz CT molecular complexity index is 524. The van der Waals surface area contributed by atoms with Crippen LogP contribution in [0.5, 0.6) is 0 Å². The SMILES string of the molecule is O=C(Nc1ccccc1Cl)c1ccc(Cl)s1. The van der Waals surface area contributed by atoms with Gasteiger partial charge in [0.2, 0.25) is 0 Å². The summed E-state index contributed by atoms with van der Waals surface area (Å²) in [5, 5.41) is 3.23. The lowest BCUT2D eigenvalue weighted by atomic mass is 10.3. The van der Waals surface area contributed by atoms with E-state index in [9.17, 15) is 4.79 Å². The smallest absolute Gasteiger partial charge is 0.265 e. The highest BCUT2D eigenvalue weighted by Gasteiger charge is 2.10. The number of benzene rings is 1. The maximum absolute atomic E-state index is 11.8. The van der Waals surface area contributed by atoms with E-state index in [1.54, 1.807) is 30.3 Å². The molecule has 1 heterocycles. The van der Waals surface area contributed by atoms with E-state index in [1.165, 1.54) is 11.3 Å². The number of amides is 1. The highest BCUT2D eigenvalue weighted by molar-refractivity contribution is 7.18. The molecule has 2 aromatic rings. The summed E-state index contributed by atoms with van der Waals surface area (Å²) in [5.74, 6) is -0.204. The minimum absolute atomic E-state index is 0.204. The number of nitrogens with one attached hydrogen (secondary N) is 1. The molecule has 0 aliphatic carbocycles. The first-order valence-corrected chi connectivity index (χ1v) is 6.05. The third-order valence-electron chi connectivity index (χ3n) is 1.92. The fraction of sp³-hybridized carbons (Fsp3) is 0. The van der Waals surface area contributed by atoms with Crippen LogP contribution in [0.1, 0.15) is 9.67 Å². The van der Waals surface area contributed by atoms with Crippen molar-refractivity contribution in [1.29, 1.82) is 0 Å². The summed E-state index contributed by atoms with van der Waals surface area (Å²) in [4.78, 5) is 12.3.